The van der Waals surface area contributed by atoms with Crippen molar-refractivity contribution < 1.29 is 19.1 Å². The van der Waals surface area contributed by atoms with Gasteiger partial charge in [-0.25, -0.2) is 14.8 Å². The van der Waals surface area contributed by atoms with Crippen LogP contribution in [0.15, 0.2) is 28.2 Å². The smallest absolute Gasteiger partial charge is 0.408 e. The van der Waals surface area contributed by atoms with Crippen LogP contribution in [0.25, 0.3) is 11.3 Å². The monoisotopic (exact) mass is 552 g/mol. The number of aliphatic imine (C=N–C) groups is 2. The molecule has 2 aromatic rings. The average molecular weight is 553 g/mol. The zero-order valence-corrected chi connectivity index (χ0v) is 23.9. The van der Waals surface area contributed by atoms with Gasteiger partial charge in [-0.1, -0.05) is 6.07 Å². The predicted molar refractivity (Wildman–Crippen MR) is 152 cm³/mol. The van der Waals surface area contributed by atoms with E-state index in [0.717, 1.165) is 38.9 Å². The second-order valence-corrected chi connectivity index (χ2v) is 12.7. The lowest BCUT2D eigenvalue weighted by Gasteiger charge is -2.41. The second-order valence-electron chi connectivity index (χ2n) is 11.6. The number of hydrogen-bond acceptors (Lipinski definition) is 7. The van der Waals surface area contributed by atoms with Crippen LogP contribution in [0.2, 0.25) is 0 Å². The Balaban J connectivity index is 1.28. The first-order chi connectivity index (χ1) is 18.5. The van der Waals surface area contributed by atoms with Crippen LogP contribution in [0.5, 0.6) is 5.75 Å². The number of amides is 2. The molecule has 0 atom stereocenters. The summed E-state index contributed by atoms with van der Waals surface area (Å²) in [5.41, 5.74) is 7.09. The van der Waals surface area contributed by atoms with Crippen molar-refractivity contribution in [3.05, 3.63) is 33.6 Å². The number of carbonyl (C=O) groups is 2. The van der Waals surface area contributed by atoms with E-state index in [1.165, 1.54) is 6.34 Å². The summed E-state index contributed by atoms with van der Waals surface area (Å²) in [5.74, 6) is 1.51. The molecule has 1 aromatic carbocycles. The van der Waals surface area contributed by atoms with E-state index in [-0.39, 0.29) is 17.9 Å². The molecule has 11 heteroatoms. The third kappa shape index (κ3) is 5.78. The van der Waals surface area contributed by atoms with Crippen molar-refractivity contribution in [1.29, 1.82) is 0 Å². The van der Waals surface area contributed by atoms with Crippen LogP contribution in [-0.2, 0) is 16.0 Å². The maximum atomic E-state index is 13.2. The van der Waals surface area contributed by atoms with Crippen molar-refractivity contribution in [2.24, 2.45) is 15.7 Å². The Hall–Kier alpha value is -3.47. The molecule has 208 valence electrons. The molecule has 2 fully saturated rings. The molecule has 10 nitrogen and oxygen atoms in total. The quantitative estimate of drug-likeness (QED) is 0.428. The first-order valence-electron chi connectivity index (χ1n) is 13.4. The van der Waals surface area contributed by atoms with E-state index in [1.54, 1.807) is 32.1 Å². The maximum Gasteiger partial charge on any atom is 0.408 e. The number of fused-ring (bicyclic) bond motifs is 3. The molecule has 3 aliphatic rings. The number of nitrogens with one attached hydrogen (secondary N) is 1. The van der Waals surface area contributed by atoms with Crippen LogP contribution in [0.3, 0.4) is 0 Å². The van der Waals surface area contributed by atoms with Crippen LogP contribution >= 0.6 is 11.3 Å². The maximum absolute atomic E-state index is 13.2. The van der Waals surface area contributed by atoms with Gasteiger partial charge in [0.25, 0.3) is 0 Å². The average Bonchev–Trinajstić information content (AvgIpc) is 3.50. The van der Waals surface area contributed by atoms with Crippen LogP contribution in [-0.4, -0.2) is 70.9 Å². The van der Waals surface area contributed by atoms with Gasteiger partial charge in [-0.2, -0.15) is 0 Å². The number of thiazole rings is 1. The van der Waals surface area contributed by atoms with Crippen molar-refractivity contribution >= 4 is 35.5 Å². The Morgan fingerprint density at radius 1 is 1.31 bits per heavy atom. The molecule has 1 aliphatic carbocycles. The van der Waals surface area contributed by atoms with Gasteiger partial charge in [-0.05, 0) is 65.2 Å². The molecule has 3 heterocycles. The van der Waals surface area contributed by atoms with Crippen molar-refractivity contribution in [2.45, 2.75) is 77.0 Å². The molecule has 0 spiro atoms. The fraction of sp³-hybridized carbons (Fsp3) is 0.536. The van der Waals surface area contributed by atoms with Gasteiger partial charge < -0.3 is 25.4 Å². The zero-order valence-electron chi connectivity index (χ0n) is 23.1. The summed E-state index contributed by atoms with van der Waals surface area (Å²) in [4.78, 5) is 42.1. The number of nitrogens with zero attached hydrogens (tertiary/aromatic N) is 4. The topological polar surface area (TPSA) is 131 Å². The minimum Gasteiger partial charge on any atom is -0.492 e. The lowest BCUT2D eigenvalue weighted by molar-refractivity contribution is -0.139. The summed E-state index contributed by atoms with van der Waals surface area (Å²) < 4.78 is 11.5. The largest absolute Gasteiger partial charge is 0.492 e. The molecular weight excluding hydrogens is 516 g/mol. The molecule has 1 aromatic heterocycles. The molecule has 5 rings (SSSR count). The predicted octanol–water partition coefficient (Wildman–Crippen LogP) is 3.87. The molecular formula is C28H36N6O4S. The van der Waals surface area contributed by atoms with Gasteiger partial charge in [0, 0.05) is 41.9 Å². The summed E-state index contributed by atoms with van der Waals surface area (Å²) >= 11 is 1.57. The molecule has 1 saturated carbocycles. The normalized spacial score (nSPS) is 18.6. The van der Waals surface area contributed by atoms with Crippen molar-refractivity contribution in [3.63, 3.8) is 0 Å². The highest BCUT2D eigenvalue weighted by Gasteiger charge is 2.55. The number of aromatic nitrogens is 1. The standard InChI is InChI=1S/C28H36N6O4S/c1-16(2)31-23(30-15-29)24-32-22-19-7-6-17(12-20(19)37-11-8-21(22)39-24)18-13-34(14-18)25(35)28(9-10-28)33-26(36)38-27(3,4)5/h6-7,12,15-16,18H,8-11,13-14H2,1-5H3,(H,33,36)(H2,29,30,31). The van der Waals surface area contributed by atoms with Gasteiger partial charge >= 0.3 is 6.09 Å². The Labute approximate surface area is 232 Å². The van der Waals surface area contributed by atoms with E-state index >= 15 is 0 Å². The van der Waals surface area contributed by atoms with Crippen molar-refractivity contribution in [2.75, 3.05) is 19.7 Å². The number of likely N-dealkylation sites (tertiary alicyclic amines) is 1. The number of ether oxygens (including phenoxy) is 2. The van der Waals surface area contributed by atoms with Crippen molar-refractivity contribution in [3.8, 4) is 17.0 Å². The van der Waals surface area contributed by atoms with E-state index in [1.807, 2.05) is 18.7 Å². The van der Waals surface area contributed by atoms with Crippen molar-refractivity contribution in [1.82, 2.24) is 15.2 Å². The number of rotatable bonds is 5. The lowest BCUT2D eigenvalue weighted by atomic mass is 9.89. The Bertz CT molecular complexity index is 1330. The highest BCUT2D eigenvalue weighted by molar-refractivity contribution is 7.14. The molecule has 2 amide bonds. The number of hydrogen-bond donors (Lipinski definition) is 2. The summed E-state index contributed by atoms with van der Waals surface area (Å²) in [6.07, 6.45) is 2.73. The molecule has 0 bridgehead atoms. The summed E-state index contributed by atoms with van der Waals surface area (Å²) in [5, 5.41) is 3.56. The van der Waals surface area contributed by atoms with E-state index in [9.17, 15) is 9.59 Å². The minimum atomic E-state index is -0.825. The summed E-state index contributed by atoms with van der Waals surface area (Å²) in [6, 6.07) is 6.29. The number of amidine groups is 1. The van der Waals surface area contributed by atoms with Gasteiger partial charge in [0.1, 0.15) is 16.9 Å². The molecule has 1 saturated heterocycles. The van der Waals surface area contributed by atoms with Crippen LogP contribution in [0.1, 0.15) is 68.8 Å². The lowest BCUT2D eigenvalue weighted by Crippen LogP contribution is -2.57. The van der Waals surface area contributed by atoms with E-state index in [4.69, 9.17) is 20.2 Å². The van der Waals surface area contributed by atoms with Gasteiger partial charge in [0.2, 0.25) is 5.91 Å². The Morgan fingerprint density at radius 3 is 2.69 bits per heavy atom. The summed E-state index contributed by atoms with van der Waals surface area (Å²) in [6.45, 7) is 11.2. The SMILES string of the molecule is CC(C)N=C(N=CN)c1nc2c(s1)CCOc1cc(C3CN(C(=O)C4(NC(=O)OC(C)(C)C)CC4)C3)ccc1-2. The molecule has 2 aliphatic heterocycles. The fourth-order valence-corrected chi connectivity index (χ4v) is 5.83. The van der Waals surface area contributed by atoms with Crippen LogP contribution < -0.4 is 15.8 Å². The van der Waals surface area contributed by atoms with Gasteiger partial charge in [-0.15, -0.1) is 11.3 Å². The highest BCUT2D eigenvalue weighted by Crippen LogP contribution is 2.43. The van der Waals surface area contributed by atoms with Crippen LogP contribution in [0, 0.1) is 0 Å². The minimum absolute atomic E-state index is 0.0331. The highest BCUT2D eigenvalue weighted by atomic mass is 32.1. The fourth-order valence-electron chi connectivity index (χ4n) is 4.82. The molecule has 0 radical (unpaired) electrons. The van der Waals surface area contributed by atoms with Gasteiger partial charge in [-0.3, -0.25) is 9.79 Å². The van der Waals surface area contributed by atoms with Gasteiger partial charge in [0.05, 0.1) is 18.6 Å². The second kappa shape index (κ2) is 10.3. The molecule has 3 N–H and O–H groups in total. The van der Waals surface area contributed by atoms with E-state index in [2.05, 4.69) is 33.5 Å². The first kappa shape index (κ1) is 27.1. The molecule has 0 unspecified atom stereocenters. The summed E-state index contributed by atoms with van der Waals surface area (Å²) in [7, 11) is 0. The number of carbonyl (C=O) groups excluding carboxylic acids is 2. The Morgan fingerprint density at radius 2 is 2.05 bits per heavy atom. The first-order valence-corrected chi connectivity index (χ1v) is 14.2. The van der Waals surface area contributed by atoms with E-state index in [0.29, 0.717) is 38.4 Å². The third-order valence-corrected chi connectivity index (χ3v) is 7.96. The number of nitrogens with two attached hydrogens (primary N) is 1. The number of benzene rings is 1. The zero-order chi connectivity index (χ0) is 27.9. The van der Waals surface area contributed by atoms with Gasteiger partial charge in [0.15, 0.2) is 10.8 Å². The Kier molecular flexibility index (Phi) is 7.13. The number of alkyl carbamates (subject to hydrolysis) is 1. The third-order valence-electron chi connectivity index (χ3n) is 6.85. The van der Waals surface area contributed by atoms with E-state index < -0.39 is 17.2 Å². The van der Waals surface area contributed by atoms with Crippen LogP contribution in [0.4, 0.5) is 4.79 Å². The molecule has 39 heavy (non-hydrogen) atoms.